The van der Waals surface area contributed by atoms with Crippen LogP contribution in [0.15, 0.2) is 231 Å². The number of benzene rings is 9. The summed E-state index contributed by atoms with van der Waals surface area (Å²) in [6.45, 7) is -0.0219. The van der Waals surface area contributed by atoms with Crippen molar-refractivity contribution in [2.75, 3.05) is 4.90 Å². The molecule has 2 aliphatic carbocycles. The number of fused-ring (bicyclic) bond motifs is 6. The highest BCUT2D eigenvalue weighted by Crippen LogP contribution is 2.59. The maximum absolute atomic E-state index is 10.5. The maximum Gasteiger partial charge on any atom is 0.0714 e. The molecule has 2 nitrogen and oxygen atoms in total. The molecule has 0 amide bonds. The monoisotopic (exact) mass is 755 g/mol. The summed E-state index contributed by atoms with van der Waals surface area (Å²) >= 11 is 0. The van der Waals surface area contributed by atoms with Crippen LogP contribution >= 0.6 is 0 Å². The first-order valence-electron chi connectivity index (χ1n) is 20.4. The minimum atomic E-state index is -0.619. The zero-order valence-electron chi connectivity index (χ0n) is 32.5. The van der Waals surface area contributed by atoms with Gasteiger partial charge in [-0.3, -0.25) is 0 Å². The van der Waals surface area contributed by atoms with E-state index >= 15 is 0 Å². The predicted octanol–water partition coefficient (Wildman–Crippen LogP) is 13.4. The van der Waals surface area contributed by atoms with Crippen LogP contribution in [0.1, 0.15) is 50.1 Å². The fourth-order valence-electron chi connectivity index (χ4n) is 10.4. The maximum atomic E-state index is 10.5. The van der Waals surface area contributed by atoms with Gasteiger partial charge in [0.2, 0.25) is 0 Å². The molecule has 0 atom stereocenters. The molecule has 2 heteroatoms. The minimum Gasteiger partial charge on any atom is -0.392 e. The van der Waals surface area contributed by atoms with Gasteiger partial charge in [0, 0.05) is 17.1 Å². The van der Waals surface area contributed by atoms with Gasteiger partial charge in [0.1, 0.15) is 0 Å². The van der Waals surface area contributed by atoms with Crippen molar-refractivity contribution < 1.29 is 5.11 Å². The lowest BCUT2D eigenvalue weighted by Crippen LogP contribution is -2.29. The van der Waals surface area contributed by atoms with Gasteiger partial charge in [-0.1, -0.05) is 194 Å². The van der Waals surface area contributed by atoms with Gasteiger partial charge in [-0.15, -0.1) is 0 Å². The summed E-state index contributed by atoms with van der Waals surface area (Å²) in [5.74, 6) is 0. The molecule has 0 aliphatic heterocycles. The van der Waals surface area contributed by atoms with Crippen LogP contribution in [-0.2, 0) is 17.4 Å². The SMILES string of the molecule is OCc1ccc2c(c1)C(c1ccccc1)(c1ccccc1)c1cc(N(c3ccccc3)c3ccc4c(c3)C(c3ccccc3)(c3ccccc3)c3ccccc3-4)ccc1-2. The first-order valence-corrected chi connectivity index (χ1v) is 20.4. The summed E-state index contributed by atoms with van der Waals surface area (Å²) in [7, 11) is 0. The van der Waals surface area contributed by atoms with E-state index in [-0.39, 0.29) is 6.61 Å². The zero-order chi connectivity index (χ0) is 39.4. The molecule has 9 aromatic rings. The smallest absolute Gasteiger partial charge is 0.0714 e. The zero-order valence-corrected chi connectivity index (χ0v) is 32.5. The second-order valence-electron chi connectivity index (χ2n) is 15.7. The molecule has 0 heterocycles. The third-order valence-corrected chi connectivity index (χ3v) is 12.8. The molecular formula is C57H41NO. The van der Waals surface area contributed by atoms with Crippen LogP contribution in [0.3, 0.4) is 0 Å². The van der Waals surface area contributed by atoms with E-state index in [0.29, 0.717) is 0 Å². The van der Waals surface area contributed by atoms with Crippen molar-refractivity contribution in [3.63, 3.8) is 0 Å². The standard InChI is InChI=1S/C57H41NO/c59-39-40-30-33-49-51-35-32-47(38-55(51)57(53(49)36-40,43-22-10-3-11-23-43)44-24-12-4-13-25-44)58(45-26-14-5-15-27-45)46-31-34-50-48-28-16-17-29-52(48)56(54(50)37-46,41-18-6-1-7-19-41)42-20-8-2-9-21-42/h1-38,59H,39H2. The summed E-state index contributed by atoms with van der Waals surface area (Å²) in [5, 5.41) is 10.5. The lowest BCUT2D eigenvalue weighted by Gasteiger charge is -2.36. The highest BCUT2D eigenvalue weighted by atomic mass is 16.3. The molecule has 11 rings (SSSR count). The van der Waals surface area contributed by atoms with Gasteiger partial charge in [0.05, 0.1) is 17.4 Å². The van der Waals surface area contributed by atoms with Gasteiger partial charge in [0.15, 0.2) is 0 Å². The van der Waals surface area contributed by atoms with Crippen molar-refractivity contribution in [3.05, 3.63) is 281 Å². The fraction of sp³-hybridized carbons (Fsp3) is 0.0526. The van der Waals surface area contributed by atoms with Gasteiger partial charge in [-0.05, 0) is 109 Å². The molecule has 0 fully saturated rings. The number of rotatable bonds is 8. The summed E-state index contributed by atoms with van der Waals surface area (Å²) < 4.78 is 0. The van der Waals surface area contributed by atoms with Gasteiger partial charge in [-0.2, -0.15) is 0 Å². The van der Waals surface area contributed by atoms with Crippen LogP contribution in [0.4, 0.5) is 17.1 Å². The topological polar surface area (TPSA) is 23.5 Å². The first kappa shape index (κ1) is 34.9. The minimum absolute atomic E-state index is 0.0219. The van der Waals surface area contributed by atoms with Crippen LogP contribution < -0.4 is 4.90 Å². The third-order valence-electron chi connectivity index (χ3n) is 12.8. The molecule has 0 saturated carbocycles. The molecule has 59 heavy (non-hydrogen) atoms. The first-order chi connectivity index (χ1) is 29.2. The van der Waals surface area contributed by atoms with Crippen LogP contribution in [0.2, 0.25) is 0 Å². The highest BCUT2D eigenvalue weighted by Gasteiger charge is 2.48. The van der Waals surface area contributed by atoms with Crippen molar-refractivity contribution in [2.24, 2.45) is 0 Å². The Morgan fingerprint density at radius 3 is 1.12 bits per heavy atom. The van der Waals surface area contributed by atoms with Crippen molar-refractivity contribution in [3.8, 4) is 22.3 Å². The van der Waals surface area contributed by atoms with Crippen molar-refractivity contribution >= 4 is 17.1 Å². The Balaban J connectivity index is 1.19. The second-order valence-corrected chi connectivity index (χ2v) is 15.7. The summed E-state index contributed by atoms with van der Waals surface area (Å²) in [6.07, 6.45) is 0. The molecule has 0 saturated heterocycles. The number of hydrogen-bond acceptors (Lipinski definition) is 2. The molecule has 9 aromatic carbocycles. The Kier molecular flexibility index (Phi) is 8.28. The molecular weight excluding hydrogens is 715 g/mol. The van der Waals surface area contributed by atoms with Crippen molar-refractivity contribution in [1.82, 2.24) is 0 Å². The van der Waals surface area contributed by atoms with Gasteiger partial charge < -0.3 is 10.0 Å². The van der Waals surface area contributed by atoms with Crippen LogP contribution in [0, 0.1) is 0 Å². The fourth-order valence-corrected chi connectivity index (χ4v) is 10.4. The molecule has 0 unspecified atom stereocenters. The van der Waals surface area contributed by atoms with E-state index < -0.39 is 10.8 Å². The van der Waals surface area contributed by atoms with Gasteiger partial charge >= 0.3 is 0 Å². The van der Waals surface area contributed by atoms with Gasteiger partial charge in [0.25, 0.3) is 0 Å². The Hall–Kier alpha value is -7.26. The average Bonchev–Trinajstić information content (AvgIpc) is 3.78. The van der Waals surface area contributed by atoms with E-state index in [1.807, 2.05) is 0 Å². The van der Waals surface area contributed by atoms with Crippen LogP contribution in [-0.4, -0.2) is 5.11 Å². The highest BCUT2D eigenvalue weighted by molar-refractivity contribution is 5.92. The molecule has 0 bridgehead atoms. The number of anilines is 3. The van der Waals surface area contributed by atoms with E-state index in [9.17, 15) is 5.11 Å². The number of hydrogen-bond donors (Lipinski definition) is 1. The summed E-state index contributed by atoms with van der Waals surface area (Å²) in [6, 6.07) is 84.1. The Labute approximate surface area is 346 Å². The Morgan fingerprint density at radius 2 is 0.661 bits per heavy atom. The average molecular weight is 756 g/mol. The molecule has 280 valence electrons. The molecule has 0 aromatic heterocycles. The molecule has 0 radical (unpaired) electrons. The molecule has 2 aliphatic rings. The number of aliphatic hydroxyl groups is 1. The Bertz CT molecular complexity index is 2880. The number of para-hydroxylation sites is 1. The number of nitrogens with zero attached hydrogens (tertiary/aromatic N) is 1. The van der Waals surface area contributed by atoms with Crippen LogP contribution in [0.25, 0.3) is 22.3 Å². The van der Waals surface area contributed by atoms with Crippen molar-refractivity contribution in [2.45, 2.75) is 17.4 Å². The van der Waals surface area contributed by atoms with E-state index in [0.717, 1.165) is 22.6 Å². The van der Waals surface area contributed by atoms with E-state index in [4.69, 9.17) is 0 Å². The largest absolute Gasteiger partial charge is 0.392 e. The van der Waals surface area contributed by atoms with Gasteiger partial charge in [-0.25, -0.2) is 0 Å². The number of aliphatic hydroxyl groups excluding tert-OH is 1. The predicted molar refractivity (Wildman–Crippen MR) is 242 cm³/mol. The van der Waals surface area contributed by atoms with Crippen molar-refractivity contribution in [1.29, 1.82) is 0 Å². The quantitative estimate of drug-likeness (QED) is 0.167. The van der Waals surface area contributed by atoms with Crippen LogP contribution in [0.5, 0.6) is 0 Å². The lowest BCUT2D eigenvalue weighted by atomic mass is 9.67. The Morgan fingerprint density at radius 1 is 0.305 bits per heavy atom. The molecule has 0 spiro atoms. The molecule has 1 N–H and O–H groups in total. The summed E-state index contributed by atoms with van der Waals surface area (Å²) in [5.41, 5.74) is 17.7. The lowest BCUT2D eigenvalue weighted by molar-refractivity contribution is 0.281. The normalized spacial score (nSPS) is 13.8. The van der Waals surface area contributed by atoms with E-state index in [1.54, 1.807) is 0 Å². The summed E-state index contributed by atoms with van der Waals surface area (Å²) in [4.78, 5) is 2.42. The van der Waals surface area contributed by atoms with E-state index in [1.165, 1.54) is 66.8 Å². The second kappa shape index (κ2) is 14.0. The van der Waals surface area contributed by atoms with E-state index in [2.05, 4.69) is 235 Å². The third kappa shape index (κ3) is 5.17.